The number of nitrogens with one attached hydrogen (secondary N) is 1. The molecule has 0 saturated heterocycles. The number of hydrazine groups is 1. The molecular formula is C13H11F2N3O2. The molecule has 0 aliphatic carbocycles. The molecule has 2 aromatic rings. The summed E-state index contributed by atoms with van der Waals surface area (Å²) in [4.78, 5) is 23.1. The molecule has 5 nitrogen and oxygen atoms in total. The minimum atomic E-state index is -0.833. The molecule has 0 aliphatic rings. The lowest BCUT2D eigenvalue weighted by Gasteiger charge is -2.13. The molecule has 0 unspecified atom stereocenters. The summed E-state index contributed by atoms with van der Waals surface area (Å²) < 4.78 is 28.6. The maximum Gasteiger partial charge on any atom is 0.270 e. The van der Waals surface area contributed by atoms with Crippen molar-refractivity contribution in [1.29, 1.82) is 0 Å². The molecular weight excluding hydrogens is 268 g/mol. The molecule has 2 rings (SSSR count). The van der Waals surface area contributed by atoms with Gasteiger partial charge in [-0.25, -0.2) is 14.6 Å². The number of carbonyl (C=O) groups excluding carboxylic acids is 1. The summed E-state index contributed by atoms with van der Waals surface area (Å²) in [6.45, 7) is 1.50. The molecule has 7 heteroatoms. The first kappa shape index (κ1) is 13.9. The summed E-state index contributed by atoms with van der Waals surface area (Å²) in [5, 5.41) is 0. The van der Waals surface area contributed by atoms with Gasteiger partial charge in [-0.2, -0.15) is 0 Å². The first-order chi connectivity index (χ1) is 9.45. The fraction of sp³-hybridized carbons (Fsp3) is 0.0769. The standard InChI is InChI=1S/C13H11F2N3O2/c1-7-5-11(19)8(13(20)17-16)6-18(7)12-9(14)3-2-4-10(12)15/h2-6H,16H2,1H3,(H,17,20). The zero-order chi connectivity index (χ0) is 14.9. The van der Waals surface area contributed by atoms with E-state index in [2.05, 4.69) is 0 Å². The van der Waals surface area contributed by atoms with Crippen molar-refractivity contribution in [2.24, 2.45) is 5.84 Å². The van der Waals surface area contributed by atoms with Gasteiger partial charge < -0.3 is 4.57 Å². The third kappa shape index (κ3) is 2.30. The fourth-order valence-electron chi connectivity index (χ4n) is 1.84. The molecule has 0 aliphatic heterocycles. The van der Waals surface area contributed by atoms with Gasteiger partial charge in [0.1, 0.15) is 22.9 Å². The number of aryl methyl sites for hydroxylation is 1. The van der Waals surface area contributed by atoms with Crippen molar-refractivity contribution in [3.8, 4) is 5.69 Å². The third-order valence-electron chi connectivity index (χ3n) is 2.80. The van der Waals surface area contributed by atoms with Crippen molar-refractivity contribution in [3.63, 3.8) is 0 Å². The van der Waals surface area contributed by atoms with Gasteiger partial charge in [-0.3, -0.25) is 15.0 Å². The van der Waals surface area contributed by atoms with Crippen LogP contribution in [0.3, 0.4) is 0 Å². The van der Waals surface area contributed by atoms with E-state index in [1.807, 2.05) is 5.43 Å². The van der Waals surface area contributed by atoms with Gasteiger partial charge in [0, 0.05) is 18.0 Å². The number of pyridine rings is 1. The SMILES string of the molecule is Cc1cc(=O)c(C(=O)NN)cn1-c1c(F)cccc1F. The van der Waals surface area contributed by atoms with Crippen molar-refractivity contribution in [3.05, 3.63) is 63.6 Å². The van der Waals surface area contributed by atoms with Gasteiger partial charge in [0.2, 0.25) is 0 Å². The number of aromatic nitrogens is 1. The quantitative estimate of drug-likeness (QED) is 0.489. The minimum Gasteiger partial charge on any atom is -0.315 e. The third-order valence-corrected chi connectivity index (χ3v) is 2.80. The summed E-state index contributed by atoms with van der Waals surface area (Å²) in [5.41, 5.74) is 0.840. The number of nitrogen functional groups attached to an aromatic ring is 1. The smallest absolute Gasteiger partial charge is 0.270 e. The monoisotopic (exact) mass is 279 g/mol. The highest BCUT2D eigenvalue weighted by Crippen LogP contribution is 2.19. The van der Waals surface area contributed by atoms with Gasteiger partial charge in [0.15, 0.2) is 5.43 Å². The van der Waals surface area contributed by atoms with E-state index in [4.69, 9.17) is 5.84 Å². The number of rotatable bonds is 2. The lowest BCUT2D eigenvalue weighted by molar-refractivity contribution is 0.0952. The van der Waals surface area contributed by atoms with Crippen LogP contribution in [-0.4, -0.2) is 10.5 Å². The van der Waals surface area contributed by atoms with Gasteiger partial charge in [-0.05, 0) is 19.1 Å². The summed E-state index contributed by atoms with van der Waals surface area (Å²) in [6.07, 6.45) is 1.06. The molecule has 0 atom stereocenters. The fourth-order valence-corrected chi connectivity index (χ4v) is 1.84. The van der Waals surface area contributed by atoms with E-state index in [0.29, 0.717) is 0 Å². The highest BCUT2D eigenvalue weighted by Gasteiger charge is 2.16. The van der Waals surface area contributed by atoms with Crippen LogP contribution in [-0.2, 0) is 0 Å². The number of nitrogens with zero attached hydrogens (tertiary/aromatic N) is 1. The number of nitrogens with two attached hydrogens (primary N) is 1. The molecule has 3 N–H and O–H groups in total. The van der Waals surface area contributed by atoms with E-state index >= 15 is 0 Å². The number of para-hydroxylation sites is 1. The Balaban J connectivity index is 2.75. The van der Waals surface area contributed by atoms with Gasteiger partial charge in [-0.1, -0.05) is 6.07 Å². The zero-order valence-corrected chi connectivity index (χ0v) is 10.5. The van der Waals surface area contributed by atoms with Crippen LogP contribution in [0.15, 0.2) is 35.3 Å². The molecule has 0 bridgehead atoms. The topological polar surface area (TPSA) is 77.1 Å². The van der Waals surface area contributed by atoms with E-state index < -0.39 is 23.0 Å². The summed E-state index contributed by atoms with van der Waals surface area (Å²) in [5.74, 6) is 2.51. The maximum atomic E-state index is 13.8. The molecule has 1 amide bonds. The van der Waals surface area contributed by atoms with Crippen molar-refractivity contribution < 1.29 is 13.6 Å². The van der Waals surface area contributed by atoms with E-state index in [0.717, 1.165) is 29.0 Å². The minimum absolute atomic E-state index is 0.285. The summed E-state index contributed by atoms with van der Waals surface area (Å²) in [6, 6.07) is 4.49. The van der Waals surface area contributed by atoms with Crippen LogP contribution in [0.1, 0.15) is 16.1 Å². The molecule has 0 fully saturated rings. The van der Waals surface area contributed by atoms with Gasteiger partial charge in [0.25, 0.3) is 5.91 Å². The van der Waals surface area contributed by atoms with E-state index in [9.17, 15) is 18.4 Å². The molecule has 20 heavy (non-hydrogen) atoms. The van der Waals surface area contributed by atoms with Crippen molar-refractivity contribution >= 4 is 5.91 Å². The predicted octanol–water partition coefficient (Wildman–Crippen LogP) is 1.03. The average Bonchev–Trinajstić information content (AvgIpc) is 2.40. The molecule has 1 aromatic heterocycles. The molecule has 1 heterocycles. The number of benzene rings is 1. The van der Waals surface area contributed by atoms with Gasteiger partial charge in [0.05, 0.1) is 0 Å². The van der Waals surface area contributed by atoms with Crippen LogP contribution >= 0.6 is 0 Å². The first-order valence-electron chi connectivity index (χ1n) is 5.64. The Bertz CT molecular complexity index is 721. The van der Waals surface area contributed by atoms with Crippen LogP contribution in [0.2, 0.25) is 0 Å². The van der Waals surface area contributed by atoms with Crippen molar-refractivity contribution in [2.45, 2.75) is 6.92 Å². The molecule has 1 aromatic carbocycles. The normalized spacial score (nSPS) is 10.4. The molecule has 0 radical (unpaired) electrons. The van der Waals surface area contributed by atoms with Crippen LogP contribution in [0.25, 0.3) is 5.69 Å². The van der Waals surface area contributed by atoms with Gasteiger partial charge >= 0.3 is 0 Å². The van der Waals surface area contributed by atoms with Gasteiger partial charge in [-0.15, -0.1) is 0 Å². The first-order valence-corrected chi connectivity index (χ1v) is 5.64. The Labute approximate surface area is 112 Å². The summed E-state index contributed by atoms with van der Waals surface area (Å²) >= 11 is 0. The van der Waals surface area contributed by atoms with E-state index in [-0.39, 0.29) is 16.9 Å². The number of amides is 1. The Morgan fingerprint density at radius 2 is 1.90 bits per heavy atom. The predicted molar refractivity (Wildman–Crippen MR) is 68.3 cm³/mol. The van der Waals surface area contributed by atoms with Crippen molar-refractivity contribution in [2.75, 3.05) is 0 Å². The number of halogens is 2. The van der Waals surface area contributed by atoms with E-state index in [1.54, 1.807) is 0 Å². The lowest BCUT2D eigenvalue weighted by atomic mass is 10.2. The van der Waals surface area contributed by atoms with E-state index in [1.165, 1.54) is 13.0 Å². The van der Waals surface area contributed by atoms with Crippen molar-refractivity contribution in [1.82, 2.24) is 9.99 Å². The lowest BCUT2D eigenvalue weighted by Crippen LogP contribution is -2.34. The van der Waals surface area contributed by atoms with Crippen LogP contribution in [0, 0.1) is 18.6 Å². The Morgan fingerprint density at radius 3 is 2.45 bits per heavy atom. The Hall–Kier alpha value is -2.54. The summed E-state index contributed by atoms with van der Waals surface area (Å²) in [7, 11) is 0. The molecule has 104 valence electrons. The Morgan fingerprint density at radius 1 is 1.30 bits per heavy atom. The number of hydrogen-bond acceptors (Lipinski definition) is 3. The second-order valence-electron chi connectivity index (χ2n) is 4.11. The molecule has 0 spiro atoms. The molecule has 0 saturated carbocycles. The maximum absolute atomic E-state index is 13.8. The average molecular weight is 279 g/mol. The number of hydrogen-bond donors (Lipinski definition) is 2. The van der Waals surface area contributed by atoms with Crippen LogP contribution in [0.4, 0.5) is 8.78 Å². The largest absolute Gasteiger partial charge is 0.315 e. The second kappa shape index (κ2) is 5.22. The number of carbonyl (C=O) groups is 1. The highest BCUT2D eigenvalue weighted by molar-refractivity contribution is 5.93. The van der Waals surface area contributed by atoms with Crippen LogP contribution in [0.5, 0.6) is 0 Å². The Kier molecular flexibility index (Phi) is 3.62. The highest BCUT2D eigenvalue weighted by atomic mass is 19.1. The zero-order valence-electron chi connectivity index (χ0n) is 10.5. The van der Waals surface area contributed by atoms with Crippen LogP contribution < -0.4 is 16.7 Å². The second-order valence-corrected chi connectivity index (χ2v) is 4.11.